The summed E-state index contributed by atoms with van der Waals surface area (Å²) in [7, 11) is -3.68. The van der Waals surface area contributed by atoms with Gasteiger partial charge >= 0.3 is 0 Å². The molecule has 1 aliphatic rings. The summed E-state index contributed by atoms with van der Waals surface area (Å²) in [6, 6.07) is 9.25. The average Bonchev–Trinajstić information content (AvgIpc) is 2.62. The van der Waals surface area contributed by atoms with Crippen LogP contribution in [0.1, 0.15) is 29.5 Å². The normalized spacial score (nSPS) is 18.1. The van der Waals surface area contributed by atoms with E-state index in [1.54, 1.807) is 13.8 Å². The number of hydrogen-bond donors (Lipinski definition) is 1. The minimum Gasteiger partial charge on any atom is -0.326 e. The Kier molecular flexibility index (Phi) is 5.86. The molecule has 28 heavy (non-hydrogen) atoms. The first-order valence-electron chi connectivity index (χ1n) is 9.33. The largest absolute Gasteiger partial charge is 0.326 e. The maximum atomic E-state index is 13.3. The number of anilines is 1. The molecule has 0 radical (unpaired) electrons. The van der Waals surface area contributed by atoms with Gasteiger partial charge in [0, 0.05) is 18.8 Å². The molecule has 7 heteroatoms. The number of sulfonamides is 1. The Morgan fingerprint density at radius 3 is 2.32 bits per heavy atom. The SMILES string of the molecule is Cc1cc(C)c(S(=O)(=O)N2CCC[C@@H](C(=O)Nc3ccc(F)cc3)C2)c(C)c1. The van der Waals surface area contributed by atoms with Crippen LogP contribution in [0.2, 0.25) is 0 Å². The predicted molar refractivity (Wildman–Crippen MR) is 107 cm³/mol. The molecule has 0 aliphatic carbocycles. The van der Waals surface area contributed by atoms with Crippen LogP contribution in [0.3, 0.4) is 0 Å². The van der Waals surface area contributed by atoms with Crippen LogP contribution in [0.25, 0.3) is 0 Å². The number of halogens is 1. The van der Waals surface area contributed by atoms with Crippen LogP contribution < -0.4 is 5.32 Å². The van der Waals surface area contributed by atoms with Crippen molar-refractivity contribution in [1.29, 1.82) is 0 Å². The predicted octanol–water partition coefficient (Wildman–Crippen LogP) is 3.79. The molecule has 1 atom stereocenters. The van der Waals surface area contributed by atoms with Gasteiger partial charge in [-0.2, -0.15) is 4.31 Å². The molecule has 0 saturated carbocycles. The lowest BCUT2D eigenvalue weighted by atomic mass is 9.99. The molecule has 3 rings (SSSR count). The van der Waals surface area contributed by atoms with Crippen molar-refractivity contribution in [3.8, 4) is 0 Å². The van der Waals surface area contributed by atoms with Gasteiger partial charge in [-0.25, -0.2) is 12.8 Å². The number of carbonyl (C=O) groups excluding carboxylic acids is 1. The van der Waals surface area contributed by atoms with Gasteiger partial charge in [-0.15, -0.1) is 0 Å². The highest BCUT2D eigenvalue weighted by molar-refractivity contribution is 7.89. The molecule has 1 heterocycles. The van der Waals surface area contributed by atoms with Crippen molar-refractivity contribution >= 4 is 21.6 Å². The second-order valence-corrected chi connectivity index (χ2v) is 9.30. The molecule has 1 aliphatic heterocycles. The van der Waals surface area contributed by atoms with Gasteiger partial charge in [-0.1, -0.05) is 17.7 Å². The summed E-state index contributed by atoms with van der Waals surface area (Å²) < 4.78 is 41.0. The maximum Gasteiger partial charge on any atom is 0.243 e. The third-order valence-corrected chi connectivity index (χ3v) is 7.24. The Balaban J connectivity index is 1.79. The molecule has 1 amide bonds. The standard InChI is InChI=1S/C21H25FN2O3S/c1-14-11-15(2)20(16(3)12-14)28(26,27)24-10-4-5-17(13-24)21(25)23-19-8-6-18(22)7-9-19/h6-9,11-12,17H,4-5,10,13H2,1-3H3,(H,23,25)/t17-/m1/s1. The minimum atomic E-state index is -3.68. The molecule has 2 aromatic carbocycles. The van der Waals surface area contributed by atoms with Gasteiger partial charge in [0.05, 0.1) is 10.8 Å². The average molecular weight is 405 g/mol. The van der Waals surface area contributed by atoms with Crippen molar-refractivity contribution in [2.24, 2.45) is 5.92 Å². The quantitative estimate of drug-likeness (QED) is 0.843. The van der Waals surface area contributed by atoms with E-state index in [0.717, 1.165) is 16.7 Å². The van der Waals surface area contributed by atoms with Crippen LogP contribution in [0.5, 0.6) is 0 Å². The van der Waals surface area contributed by atoms with Crippen LogP contribution in [0.15, 0.2) is 41.3 Å². The van der Waals surface area contributed by atoms with Crippen molar-refractivity contribution in [3.63, 3.8) is 0 Å². The van der Waals surface area contributed by atoms with Crippen LogP contribution in [0.4, 0.5) is 10.1 Å². The lowest BCUT2D eigenvalue weighted by molar-refractivity contribution is -0.120. The molecule has 1 N–H and O–H groups in total. The van der Waals surface area contributed by atoms with Gasteiger partial charge < -0.3 is 5.32 Å². The summed E-state index contributed by atoms with van der Waals surface area (Å²) in [5, 5.41) is 2.75. The Morgan fingerprint density at radius 1 is 1.11 bits per heavy atom. The molecule has 0 aromatic heterocycles. The second-order valence-electron chi connectivity index (χ2n) is 7.43. The second kappa shape index (κ2) is 8.01. The zero-order valence-electron chi connectivity index (χ0n) is 16.3. The zero-order valence-corrected chi connectivity index (χ0v) is 17.1. The Morgan fingerprint density at radius 2 is 1.71 bits per heavy atom. The van der Waals surface area contributed by atoms with E-state index in [-0.39, 0.29) is 18.3 Å². The monoisotopic (exact) mass is 404 g/mol. The molecule has 150 valence electrons. The summed E-state index contributed by atoms with van der Waals surface area (Å²) in [4.78, 5) is 12.9. The third-order valence-electron chi connectivity index (χ3n) is 5.07. The summed E-state index contributed by atoms with van der Waals surface area (Å²) in [5.41, 5.74) is 2.95. The molecular weight excluding hydrogens is 379 g/mol. The minimum absolute atomic E-state index is 0.141. The van der Waals surface area contributed by atoms with Crippen molar-refractivity contribution in [1.82, 2.24) is 4.31 Å². The molecule has 1 fully saturated rings. The van der Waals surface area contributed by atoms with E-state index in [9.17, 15) is 17.6 Å². The number of aryl methyl sites for hydroxylation is 3. The molecule has 1 saturated heterocycles. The number of hydrogen-bond acceptors (Lipinski definition) is 3. The molecular formula is C21H25FN2O3S. The number of rotatable bonds is 4. The molecule has 2 aromatic rings. The van der Waals surface area contributed by atoms with E-state index >= 15 is 0 Å². The van der Waals surface area contributed by atoms with E-state index in [1.165, 1.54) is 28.6 Å². The summed E-state index contributed by atoms with van der Waals surface area (Å²) in [6.45, 7) is 6.08. The number of benzene rings is 2. The molecule has 0 bridgehead atoms. The highest BCUT2D eigenvalue weighted by atomic mass is 32.2. The first-order chi connectivity index (χ1) is 13.2. The highest BCUT2D eigenvalue weighted by Gasteiger charge is 2.34. The van der Waals surface area contributed by atoms with Gasteiger partial charge in [0.15, 0.2) is 0 Å². The van der Waals surface area contributed by atoms with Gasteiger partial charge in [-0.3, -0.25) is 4.79 Å². The summed E-state index contributed by atoms with van der Waals surface area (Å²) >= 11 is 0. The van der Waals surface area contributed by atoms with Crippen molar-refractivity contribution in [2.45, 2.75) is 38.5 Å². The molecule has 0 unspecified atom stereocenters. The number of nitrogens with one attached hydrogen (secondary N) is 1. The van der Waals surface area contributed by atoms with Crippen LogP contribution >= 0.6 is 0 Å². The van der Waals surface area contributed by atoms with Crippen LogP contribution in [0, 0.1) is 32.5 Å². The Hall–Kier alpha value is -2.25. The highest BCUT2D eigenvalue weighted by Crippen LogP contribution is 2.29. The summed E-state index contributed by atoms with van der Waals surface area (Å²) in [5.74, 6) is -1.07. The molecule has 5 nitrogen and oxygen atoms in total. The van der Waals surface area contributed by atoms with E-state index in [0.29, 0.717) is 30.0 Å². The number of nitrogens with zero attached hydrogens (tertiary/aromatic N) is 1. The number of piperidine rings is 1. The van der Waals surface area contributed by atoms with Crippen LogP contribution in [-0.2, 0) is 14.8 Å². The van der Waals surface area contributed by atoms with E-state index in [4.69, 9.17) is 0 Å². The fourth-order valence-electron chi connectivity index (χ4n) is 3.86. The smallest absolute Gasteiger partial charge is 0.243 e. The van der Waals surface area contributed by atoms with Crippen molar-refractivity contribution in [3.05, 3.63) is 58.9 Å². The molecule has 0 spiro atoms. The maximum absolute atomic E-state index is 13.3. The van der Waals surface area contributed by atoms with Gasteiger partial charge in [-0.05, 0) is 69.0 Å². The van der Waals surface area contributed by atoms with E-state index < -0.39 is 15.9 Å². The van der Waals surface area contributed by atoms with Crippen LogP contribution in [-0.4, -0.2) is 31.7 Å². The Labute approximate surface area is 165 Å². The number of carbonyl (C=O) groups is 1. The fourth-order valence-corrected chi connectivity index (χ4v) is 5.79. The fraction of sp³-hybridized carbons (Fsp3) is 0.381. The summed E-state index contributed by atoms with van der Waals surface area (Å²) in [6.07, 6.45) is 1.23. The van der Waals surface area contributed by atoms with Gasteiger partial charge in [0.2, 0.25) is 15.9 Å². The first kappa shape index (κ1) is 20.5. The lowest BCUT2D eigenvalue weighted by Crippen LogP contribution is -2.44. The topological polar surface area (TPSA) is 66.5 Å². The third kappa shape index (κ3) is 4.25. The van der Waals surface area contributed by atoms with E-state index in [1.807, 2.05) is 19.1 Å². The lowest BCUT2D eigenvalue weighted by Gasteiger charge is -2.32. The van der Waals surface area contributed by atoms with E-state index in [2.05, 4.69) is 5.32 Å². The zero-order chi connectivity index (χ0) is 20.5. The Bertz CT molecular complexity index is 964. The van der Waals surface area contributed by atoms with Crippen molar-refractivity contribution in [2.75, 3.05) is 18.4 Å². The van der Waals surface area contributed by atoms with Gasteiger partial charge in [0.25, 0.3) is 0 Å². The first-order valence-corrected chi connectivity index (χ1v) is 10.8. The van der Waals surface area contributed by atoms with Crippen molar-refractivity contribution < 1.29 is 17.6 Å². The number of amides is 1. The van der Waals surface area contributed by atoms with Gasteiger partial charge in [0.1, 0.15) is 5.82 Å².